The summed E-state index contributed by atoms with van der Waals surface area (Å²) in [5, 5.41) is 4.05. The summed E-state index contributed by atoms with van der Waals surface area (Å²) >= 11 is 6.11. The van der Waals surface area contributed by atoms with Crippen LogP contribution in [-0.2, 0) is 13.1 Å². The normalized spacial score (nSPS) is 10.3. The number of benzene rings is 2. The Bertz CT molecular complexity index is 756. The van der Waals surface area contributed by atoms with Crippen LogP contribution in [0.5, 0.6) is 0 Å². The zero-order chi connectivity index (χ0) is 15.4. The fourth-order valence-electron chi connectivity index (χ4n) is 2.20. The third kappa shape index (κ3) is 4.58. The topological polar surface area (TPSA) is 25.2 Å². The van der Waals surface area contributed by atoms with Crippen LogP contribution in [0.1, 0.15) is 11.3 Å². The fraction of sp³-hybridized carbons (Fsp3) is 0.111. The van der Waals surface area contributed by atoms with Gasteiger partial charge in [0.25, 0.3) is 0 Å². The highest BCUT2D eigenvalue weighted by molar-refractivity contribution is 6.31. The predicted molar refractivity (Wildman–Crippen MR) is 93.3 cm³/mol. The number of hydrogen-bond acceptors (Lipinski definition) is 2. The van der Waals surface area contributed by atoms with E-state index < -0.39 is 0 Å². The molecule has 2 nitrogen and oxygen atoms in total. The molecule has 0 amide bonds. The molecule has 0 aliphatic heterocycles. The van der Waals surface area contributed by atoms with Crippen LogP contribution in [0, 0.1) is 5.82 Å². The number of furan rings is 1. The van der Waals surface area contributed by atoms with Crippen molar-refractivity contribution < 1.29 is 8.81 Å². The summed E-state index contributed by atoms with van der Waals surface area (Å²) in [6.07, 6.45) is 0. The molecule has 0 aliphatic carbocycles. The van der Waals surface area contributed by atoms with E-state index in [1.54, 1.807) is 12.1 Å². The highest BCUT2D eigenvalue weighted by Crippen LogP contribution is 2.22. The highest BCUT2D eigenvalue weighted by Gasteiger charge is 2.05. The van der Waals surface area contributed by atoms with E-state index in [0.717, 1.165) is 27.7 Å². The number of rotatable bonds is 5. The van der Waals surface area contributed by atoms with Gasteiger partial charge < -0.3 is 9.73 Å². The van der Waals surface area contributed by atoms with Crippen LogP contribution < -0.4 is 5.32 Å². The van der Waals surface area contributed by atoms with Crippen molar-refractivity contribution in [2.45, 2.75) is 13.1 Å². The Morgan fingerprint density at radius 1 is 0.913 bits per heavy atom. The number of nitrogens with one attached hydrogen (secondary N) is 1. The lowest BCUT2D eigenvalue weighted by atomic mass is 10.2. The first-order valence-corrected chi connectivity index (χ1v) is 7.39. The smallest absolute Gasteiger partial charge is 0.134 e. The lowest BCUT2D eigenvalue weighted by Gasteiger charge is -2.05. The quantitative estimate of drug-likeness (QED) is 0.660. The molecule has 1 heterocycles. The molecule has 120 valence electrons. The average Bonchev–Trinajstić information content (AvgIpc) is 2.99. The first kappa shape index (κ1) is 17.5. The Hall–Kier alpha value is -1.81. The minimum atomic E-state index is -0.253. The predicted octanol–water partition coefficient (Wildman–Crippen LogP) is 5.45. The molecule has 0 saturated carbocycles. The Labute approximate surface area is 145 Å². The van der Waals surface area contributed by atoms with E-state index in [4.69, 9.17) is 16.0 Å². The molecule has 1 aromatic heterocycles. The molecule has 0 atom stereocenters. The monoisotopic (exact) mass is 351 g/mol. The Kier molecular flexibility index (Phi) is 6.22. The third-order valence-electron chi connectivity index (χ3n) is 3.36. The maximum atomic E-state index is 12.9. The molecule has 0 saturated heterocycles. The minimum Gasteiger partial charge on any atom is -0.460 e. The van der Waals surface area contributed by atoms with Crippen LogP contribution in [0.4, 0.5) is 4.39 Å². The van der Waals surface area contributed by atoms with E-state index in [1.165, 1.54) is 12.1 Å². The van der Waals surface area contributed by atoms with E-state index in [0.29, 0.717) is 13.1 Å². The van der Waals surface area contributed by atoms with E-state index in [9.17, 15) is 4.39 Å². The molecule has 0 spiro atoms. The van der Waals surface area contributed by atoms with Gasteiger partial charge in [-0.15, -0.1) is 12.4 Å². The molecule has 0 aliphatic rings. The van der Waals surface area contributed by atoms with Crippen LogP contribution in [0.3, 0.4) is 0 Å². The summed E-state index contributed by atoms with van der Waals surface area (Å²) in [6.45, 7) is 1.28. The van der Waals surface area contributed by atoms with Crippen LogP contribution in [0.25, 0.3) is 11.3 Å². The summed E-state index contributed by atoms with van der Waals surface area (Å²) in [5.41, 5.74) is 1.91. The second-order valence-corrected chi connectivity index (χ2v) is 5.38. The molecule has 0 unspecified atom stereocenters. The van der Waals surface area contributed by atoms with Gasteiger partial charge in [-0.25, -0.2) is 4.39 Å². The van der Waals surface area contributed by atoms with Gasteiger partial charge in [-0.3, -0.25) is 0 Å². The first-order chi connectivity index (χ1) is 10.7. The van der Waals surface area contributed by atoms with Gasteiger partial charge >= 0.3 is 0 Å². The zero-order valence-electron chi connectivity index (χ0n) is 12.3. The fourth-order valence-corrected chi connectivity index (χ4v) is 2.41. The maximum Gasteiger partial charge on any atom is 0.134 e. The molecule has 3 aromatic rings. The molecular formula is C18H16Cl2FNO. The van der Waals surface area contributed by atoms with Crippen molar-refractivity contribution in [1.29, 1.82) is 0 Å². The minimum absolute atomic E-state index is 0. The Morgan fingerprint density at radius 3 is 2.39 bits per heavy atom. The highest BCUT2D eigenvalue weighted by atomic mass is 35.5. The molecule has 5 heteroatoms. The second-order valence-electron chi connectivity index (χ2n) is 4.97. The Morgan fingerprint density at radius 2 is 1.65 bits per heavy atom. The van der Waals surface area contributed by atoms with Crippen molar-refractivity contribution >= 4 is 24.0 Å². The Balaban J connectivity index is 0.00000192. The average molecular weight is 352 g/mol. The van der Waals surface area contributed by atoms with E-state index in [-0.39, 0.29) is 18.2 Å². The first-order valence-electron chi connectivity index (χ1n) is 7.01. The van der Waals surface area contributed by atoms with E-state index in [2.05, 4.69) is 5.32 Å². The van der Waals surface area contributed by atoms with Gasteiger partial charge in [-0.1, -0.05) is 29.8 Å². The molecule has 0 radical (unpaired) electrons. The molecular weight excluding hydrogens is 336 g/mol. The van der Waals surface area contributed by atoms with Crippen LogP contribution in [0.2, 0.25) is 5.02 Å². The molecule has 2 aromatic carbocycles. The van der Waals surface area contributed by atoms with Crippen molar-refractivity contribution in [1.82, 2.24) is 5.32 Å². The summed E-state index contributed by atoms with van der Waals surface area (Å²) in [5.74, 6) is 1.30. The maximum absolute atomic E-state index is 12.9. The second kappa shape index (κ2) is 8.16. The number of halogens is 3. The van der Waals surface area contributed by atoms with Crippen molar-refractivity contribution in [3.8, 4) is 11.3 Å². The summed E-state index contributed by atoms with van der Waals surface area (Å²) in [6, 6.07) is 17.8. The van der Waals surface area contributed by atoms with E-state index in [1.807, 2.05) is 36.4 Å². The van der Waals surface area contributed by atoms with Crippen molar-refractivity contribution in [3.63, 3.8) is 0 Å². The van der Waals surface area contributed by atoms with Gasteiger partial charge in [-0.05, 0) is 48.0 Å². The van der Waals surface area contributed by atoms with Crippen LogP contribution in [0.15, 0.2) is 65.1 Å². The summed E-state index contributed by atoms with van der Waals surface area (Å²) in [7, 11) is 0. The van der Waals surface area contributed by atoms with Crippen molar-refractivity contribution in [2.24, 2.45) is 0 Å². The van der Waals surface area contributed by atoms with Gasteiger partial charge in [0.1, 0.15) is 17.3 Å². The van der Waals surface area contributed by atoms with Gasteiger partial charge in [0.2, 0.25) is 0 Å². The SMILES string of the molecule is Cl.Fc1ccc(-c2ccc(CNCc3ccccc3Cl)o2)cc1. The van der Waals surface area contributed by atoms with Gasteiger partial charge in [0, 0.05) is 17.1 Å². The van der Waals surface area contributed by atoms with E-state index >= 15 is 0 Å². The number of hydrogen-bond donors (Lipinski definition) is 1. The third-order valence-corrected chi connectivity index (χ3v) is 3.73. The van der Waals surface area contributed by atoms with Crippen LogP contribution in [-0.4, -0.2) is 0 Å². The zero-order valence-corrected chi connectivity index (χ0v) is 13.8. The lowest BCUT2D eigenvalue weighted by molar-refractivity contribution is 0.493. The van der Waals surface area contributed by atoms with Gasteiger partial charge in [0.05, 0.1) is 6.54 Å². The van der Waals surface area contributed by atoms with Gasteiger partial charge in [0.15, 0.2) is 0 Å². The summed E-state index contributed by atoms with van der Waals surface area (Å²) in [4.78, 5) is 0. The molecule has 0 bridgehead atoms. The van der Waals surface area contributed by atoms with Crippen molar-refractivity contribution in [2.75, 3.05) is 0 Å². The van der Waals surface area contributed by atoms with Gasteiger partial charge in [-0.2, -0.15) is 0 Å². The lowest BCUT2D eigenvalue weighted by Crippen LogP contribution is -2.12. The largest absolute Gasteiger partial charge is 0.460 e. The molecule has 1 N–H and O–H groups in total. The standard InChI is InChI=1S/C18H15ClFNO.ClH/c19-17-4-2-1-3-14(17)11-21-12-16-9-10-18(22-16)13-5-7-15(20)8-6-13;/h1-10,21H,11-12H2;1H. The molecule has 3 rings (SSSR count). The molecule has 23 heavy (non-hydrogen) atoms. The molecule has 0 fully saturated rings. The summed E-state index contributed by atoms with van der Waals surface area (Å²) < 4.78 is 18.7. The van der Waals surface area contributed by atoms with Crippen LogP contribution >= 0.6 is 24.0 Å². The van der Waals surface area contributed by atoms with Crippen molar-refractivity contribution in [3.05, 3.63) is 82.8 Å².